The van der Waals surface area contributed by atoms with Crippen LogP contribution in [0.4, 0.5) is 0 Å². The van der Waals surface area contributed by atoms with Crippen molar-refractivity contribution in [3.8, 4) is 0 Å². The number of nitrogens with zero attached hydrogens (tertiary/aromatic N) is 1. The summed E-state index contributed by atoms with van der Waals surface area (Å²) in [5.74, 6) is 0.693. The van der Waals surface area contributed by atoms with Crippen LogP contribution in [0.1, 0.15) is 40.0 Å². The Bertz CT molecular complexity index is 218. The lowest BCUT2D eigenvalue weighted by Gasteiger charge is -2.36. The van der Waals surface area contributed by atoms with Crippen LogP contribution in [-0.2, 0) is 4.79 Å². The standard InChI is InChI=1S/C12H24N2O/c1-8(2)14(4)12(15)11-9(3)6-5-7-10(11)13/h8-11H,5-7,13H2,1-4H3. The van der Waals surface area contributed by atoms with Gasteiger partial charge in [0.25, 0.3) is 0 Å². The SMILES string of the molecule is CC1CCCC(N)C1C(=O)N(C)C(C)C. The molecule has 3 heteroatoms. The highest BCUT2D eigenvalue weighted by Crippen LogP contribution is 2.30. The summed E-state index contributed by atoms with van der Waals surface area (Å²) in [6.07, 6.45) is 3.29. The van der Waals surface area contributed by atoms with E-state index < -0.39 is 0 Å². The van der Waals surface area contributed by atoms with Crippen LogP contribution in [0.3, 0.4) is 0 Å². The number of carbonyl (C=O) groups excluding carboxylic acids is 1. The first-order valence-electron chi connectivity index (χ1n) is 5.97. The van der Waals surface area contributed by atoms with E-state index in [9.17, 15) is 4.79 Å². The molecule has 1 fully saturated rings. The number of hydrogen-bond donors (Lipinski definition) is 1. The highest BCUT2D eigenvalue weighted by molar-refractivity contribution is 5.80. The van der Waals surface area contributed by atoms with E-state index in [1.165, 1.54) is 0 Å². The Labute approximate surface area is 93.0 Å². The largest absolute Gasteiger partial charge is 0.343 e. The van der Waals surface area contributed by atoms with Crippen LogP contribution in [0.5, 0.6) is 0 Å². The Morgan fingerprint density at radius 1 is 1.40 bits per heavy atom. The third kappa shape index (κ3) is 2.71. The van der Waals surface area contributed by atoms with Gasteiger partial charge in [0.15, 0.2) is 0 Å². The van der Waals surface area contributed by atoms with Gasteiger partial charge >= 0.3 is 0 Å². The molecule has 1 saturated carbocycles. The highest BCUT2D eigenvalue weighted by atomic mass is 16.2. The van der Waals surface area contributed by atoms with E-state index in [4.69, 9.17) is 5.73 Å². The predicted octanol–water partition coefficient (Wildman–Crippen LogP) is 1.62. The van der Waals surface area contributed by atoms with Gasteiger partial charge in [-0.3, -0.25) is 4.79 Å². The van der Waals surface area contributed by atoms with Crippen molar-refractivity contribution in [2.24, 2.45) is 17.6 Å². The molecule has 0 radical (unpaired) electrons. The molecule has 1 amide bonds. The number of hydrogen-bond acceptors (Lipinski definition) is 2. The summed E-state index contributed by atoms with van der Waals surface area (Å²) >= 11 is 0. The van der Waals surface area contributed by atoms with E-state index in [1.807, 2.05) is 25.8 Å². The monoisotopic (exact) mass is 212 g/mol. The Balaban J connectivity index is 2.71. The lowest BCUT2D eigenvalue weighted by atomic mass is 9.76. The first-order valence-corrected chi connectivity index (χ1v) is 5.97. The molecular formula is C12H24N2O. The molecule has 0 aromatic carbocycles. The van der Waals surface area contributed by atoms with Gasteiger partial charge in [0.05, 0.1) is 5.92 Å². The third-order valence-corrected chi connectivity index (χ3v) is 3.68. The van der Waals surface area contributed by atoms with Crippen molar-refractivity contribution in [2.75, 3.05) is 7.05 Å². The van der Waals surface area contributed by atoms with Crippen LogP contribution in [0.2, 0.25) is 0 Å². The average Bonchev–Trinajstić information content (AvgIpc) is 2.15. The van der Waals surface area contributed by atoms with Crippen molar-refractivity contribution in [3.63, 3.8) is 0 Å². The molecule has 3 unspecified atom stereocenters. The fraction of sp³-hybridized carbons (Fsp3) is 0.917. The van der Waals surface area contributed by atoms with Crippen LogP contribution in [0.15, 0.2) is 0 Å². The summed E-state index contributed by atoms with van der Waals surface area (Å²) in [6, 6.07) is 0.321. The zero-order valence-corrected chi connectivity index (χ0v) is 10.4. The van der Waals surface area contributed by atoms with Crippen LogP contribution < -0.4 is 5.73 Å². The van der Waals surface area contributed by atoms with E-state index in [0.717, 1.165) is 19.3 Å². The van der Waals surface area contributed by atoms with Gasteiger partial charge in [0.1, 0.15) is 0 Å². The van der Waals surface area contributed by atoms with Gasteiger partial charge in [-0.2, -0.15) is 0 Å². The van der Waals surface area contributed by atoms with E-state index >= 15 is 0 Å². The van der Waals surface area contributed by atoms with Gasteiger partial charge in [0.2, 0.25) is 5.91 Å². The van der Waals surface area contributed by atoms with E-state index in [1.54, 1.807) is 0 Å². The minimum Gasteiger partial charge on any atom is -0.343 e. The topological polar surface area (TPSA) is 46.3 Å². The smallest absolute Gasteiger partial charge is 0.227 e. The molecule has 3 nitrogen and oxygen atoms in total. The molecule has 0 aliphatic heterocycles. The second-order valence-corrected chi connectivity index (χ2v) is 5.14. The lowest BCUT2D eigenvalue weighted by molar-refractivity contribution is -0.139. The molecule has 0 aromatic rings. The number of amides is 1. The van der Waals surface area contributed by atoms with Crippen LogP contribution in [-0.4, -0.2) is 29.9 Å². The molecule has 0 bridgehead atoms. The third-order valence-electron chi connectivity index (χ3n) is 3.68. The van der Waals surface area contributed by atoms with Crippen molar-refractivity contribution in [2.45, 2.75) is 52.1 Å². The maximum atomic E-state index is 12.2. The molecule has 0 heterocycles. The summed E-state index contributed by atoms with van der Waals surface area (Å²) in [5.41, 5.74) is 6.06. The van der Waals surface area contributed by atoms with Crippen molar-refractivity contribution in [1.29, 1.82) is 0 Å². The zero-order valence-electron chi connectivity index (χ0n) is 10.4. The number of rotatable bonds is 2. The molecule has 0 spiro atoms. The van der Waals surface area contributed by atoms with E-state index in [2.05, 4.69) is 6.92 Å². The Morgan fingerprint density at radius 2 is 2.00 bits per heavy atom. The fourth-order valence-electron chi connectivity index (χ4n) is 2.37. The van der Waals surface area contributed by atoms with Gasteiger partial charge in [0, 0.05) is 19.1 Å². The van der Waals surface area contributed by atoms with Crippen LogP contribution in [0, 0.1) is 11.8 Å². The number of nitrogens with two attached hydrogens (primary N) is 1. The summed E-state index contributed by atoms with van der Waals surface area (Å²) in [4.78, 5) is 14.0. The molecule has 0 saturated heterocycles. The normalized spacial score (nSPS) is 31.7. The maximum Gasteiger partial charge on any atom is 0.227 e. The lowest BCUT2D eigenvalue weighted by Crippen LogP contribution is -2.49. The van der Waals surface area contributed by atoms with Crippen molar-refractivity contribution in [3.05, 3.63) is 0 Å². The number of carbonyl (C=O) groups is 1. The molecule has 1 rings (SSSR count). The molecule has 0 aromatic heterocycles. The van der Waals surface area contributed by atoms with Gasteiger partial charge in [-0.25, -0.2) is 0 Å². The average molecular weight is 212 g/mol. The Hall–Kier alpha value is -0.570. The summed E-state index contributed by atoms with van der Waals surface area (Å²) in [5, 5.41) is 0. The Morgan fingerprint density at radius 3 is 2.47 bits per heavy atom. The minimum absolute atomic E-state index is 0.0335. The Kier molecular flexibility index (Phi) is 4.14. The first-order chi connectivity index (χ1) is 6.95. The molecule has 1 aliphatic carbocycles. The predicted molar refractivity (Wildman–Crippen MR) is 62.4 cm³/mol. The quantitative estimate of drug-likeness (QED) is 0.756. The molecular weight excluding hydrogens is 188 g/mol. The highest BCUT2D eigenvalue weighted by Gasteiger charge is 2.35. The fourth-order valence-corrected chi connectivity index (χ4v) is 2.37. The molecule has 2 N–H and O–H groups in total. The zero-order chi connectivity index (χ0) is 11.6. The molecule has 3 atom stereocenters. The van der Waals surface area contributed by atoms with Crippen LogP contribution in [0.25, 0.3) is 0 Å². The van der Waals surface area contributed by atoms with E-state index in [0.29, 0.717) is 5.92 Å². The maximum absolute atomic E-state index is 12.2. The van der Waals surface area contributed by atoms with Gasteiger partial charge in [-0.05, 0) is 32.6 Å². The second kappa shape index (κ2) is 4.97. The van der Waals surface area contributed by atoms with Crippen molar-refractivity contribution < 1.29 is 4.79 Å². The second-order valence-electron chi connectivity index (χ2n) is 5.14. The molecule has 1 aliphatic rings. The molecule has 88 valence electrons. The van der Waals surface area contributed by atoms with Gasteiger partial charge in [-0.1, -0.05) is 13.3 Å². The summed E-state index contributed by atoms with van der Waals surface area (Å²) < 4.78 is 0. The summed E-state index contributed by atoms with van der Waals surface area (Å²) in [6.45, 7) is 6.23. The minimum atomic E-state index is 0.0335. The van der Waals surface area contributed by atoms with Crippen molar-refractivity contribution >= 4 is 5.91 Å². The molecule has 15 heavy (non-hydrogen) atoms. The summed E-state index contributed by atoms with van der Waals surface area (Å²) in [7, 11) is 1.88. The van der Waals surface area contributed by atoms with Gasteiger partial charge in [-0.15, -0.1) is 0 Å². The van der Waals surface area contributed by atoms with Gasteiger partial charge < -0.3 is 10.6 Å². The first kappa shape index (κ1) is 12.5. The van der Waals surface area contributed by atoms with E-state index in [-0.39, 0.29) is 23.9 Å². The van der Waals surface area contributed by atoms with Crippen LogP contribution >= 0.6 is 0 Å². The van der Waals surface area contributed by atoms with Crippen molar-refractivity contribution in [1.82, 2.24) is 4.90 Å².